The molecule has 5 rings (SSSR count). The maximum Gasteiger partial charge on any atom is 0.417 e. The van der Waals surface area contributed by atoms with Crippen LogP contribution in [0.3, 0.4) is 0 Å². The Morgan fingerprint density at radius 3 is 2.51 bits per heavy atom. The largest absolute Gasteiger partial charge is 0.417 e. The number of amides is 2. The molecule has 11 heteroatoms. The highest BCUT2D eigenvalue weighted by Crippen LogP contribution is 2.40. The van der Waals surface area contributed by atoms with Gasteiger partial charge in [0.2, 0.25) is 5.91 Å². The van der Waals surface area contributed by atoms with Gasteiger partial charge in [-0.05, 0) is 63.6 Å². The Morgan fingerprint density at radius 1 is 1.10 bits per heavy atom. The molecule has 3 aliphatic rings. The van der Waals surface area contributed by atoms with Gasteiger partial charge in [0.1, 0.15) is 0 Å². The molecule has 2 N–H and O–H groups in total. The van der Waals surface area contributed by atoms with E-state index < -0.39 is 23.7 Å². The monoisotopic (exact) mass is 570 g/mol. The molecule has 41 heavy (non-hydrogen) atoms. The van der Waals surface area contributed by atoms with Gasteiger partial charge in [-0.2, -0.15) is 23.5 Å². The summed E-state index contributed by atoms with van der Waals surface area (Å²) in [6.07, 6.45) is 3.32. The van der Waals surface area contributed by atoms with Crippen molar-refractivity contribution in [2.45, 2.75) is 88.5 Å². The second-order valence-electron chi connectivity index (χ2n) is 11.6. The Balaban J connectivity index is 1.36. The maximum absolute atomic E-state index is 13.9. The van der Waals surface area contributed by atoms with Gasteiger partial charge in [-0.15, -0.1) is 0 Å². The summed E-state index contributed by atoms with van der Waals surface area (Å²) in [5, 5.41) is 19.8. The molecule has 2 aliphatic carbocycles. The number of likely N-dealkylation sites (tertiary alicyclic amines) is 1. The Morgan fingerprint density at radius 2 is 1.85 bits per heavy atom. The molecule has 2 heterocycles. The first-order valence-electron chi connectivity index (χ1n) is 14.7. The van der Waals surface area contributed by atoms with Crippen molar-refractivity contribution in [2.24, 2.45) is 5.92 Å². The lowest BCUT2D eigenvalue weighted by Crippen LogP contribution is -2.45. The molecule has 0 spiro atoms. The number of nitriles is 1. The average molecular weight is 571 g/mol. The van der Waals surface area contributed by atoms with Crippen LogP contribution in [0.4, 0.5) is 13.2 Å². The Labute approximate surface area is 238 Å². The first-order valence-corrected chi connectivity index (χ1v) is 14.7. The van der Waals surface area contributed by atoms with E-state index in [-0.39, 0.29) is 47.3 Å². The summed E-state index contributed by atoms with van der Waals surface area (Å²) in [7, 11) is 0. The number of carbonyl (C=O) groups is 2. The van der Waals surface area contributed by atoms with E-state index in [0.29, 0.717) is 19.5 Å². The number of alkyl halides is 3. The summed E-state index contributed by atoms with van der Waals surface area (Å²) in [6, 6.07) is 8.74. The molecule has 0 radical (unpaired) electrons. The smallest absolute Gasteiger partial charge is 0.353 e. The van der Waals surface area contributed by atoms with Gasteiger partial charge in [-0.1, -0.05) is 31.0 Å². The van der Waals surface area contributed by atoms with Crippen molar-refractivity contribution in [1.29, 1.82) is 5.26 Å². The first kappa shape index (κ1) is 29.1. The number of carbonyl (C=O) groups excluding carboxylic acids is 2. The summed E-state index contributed by atoms with van der Waals surface area (Å²) in [6.45, 7) is 2.08. The van der Waals surface area contributed by atoms with E-state index in [1.54, 1.807) is 10.7 Å². The minimum atomic E-state index is -4.55. The van der Waals surface area contributed by atoms with E-state index >= 15 is 0 Å². The second kappa shape index (κ2) is 12.6. The number of hydrogen-bond acceptors (Lipinski definition) is 5. The third-order valence-corrected chi connectivity index (χ3v) is 8.63. The quantitative estimate of drug-likeness (QED) is 0.415. The van der Waals surface area contributed by atoms with Crippen molar-refractivity contribution in [1.82, 2.24) is 25.3 Å². The third-order valence-electron chi connectivity index (χ3n) is 8.63. The van der Waals surface area contributed by atoms with E-state index in [1.165, 1.54) is 18.2 Å². The van der Waals surface area contributed by atoms with Crippen molar-refractivity contribution in [3.63, 3.8) is 0 Å². The van der Waals surface area contributed by atoms with Gasteiger partial charge in [-0.3, -0.25) is 14.3 Å². The molecule has 3 fully saturated rings. The van der Waals surface area contributed by atoms with Crippen LogP contribution in [0.1, 0.15) is 86.3 Å². The molecule has 0 bridgehead atoms. The van der Waals surface area contributed by atoms with Crippen LogP contribution >= 0.6 is 0 Å². The minimum Gasteiger partial charge on any atom is -0.353 e. The van der Waals surface area contributed by atoms with Crippen LogP contribution in [0, 0.1) is 17.2 Å². The highest BCUT2D eigenvalue weighted by Gasteiger charge is 2.35. The molecule has 220 valence electrons. The zero-order valence-corrected chi connectivity index (χ0v) is 23.1. The number of aromatic nitrogens is 2. The molecule has 8 nitrogen and oxygen atoms in total. The molecule has 1 aromatic heterocycles. The zero-order chi connectivity index (χ0) is 29.0. The van der Waals surface area contributed by atoms with Crippen molar-refractivity contribution < 1.29 is 22.8 Å². The van der Waals surface area contributed by atoms with Crippen LogP contribution in [0.2, 0.25) is 0 Å². The molecule has 2 amide bonds. The summed E-state index contributed by atoms with van der Waals surface area (Å²) in [5.41, 5.74) is -0.457. The number of rotatable bonds is 10. The molecular formula is C30H37F3N6O2. The van der Waals surface area contributed by atoms with Crippen molar-refractivity contribution in [3.05, 3.63) is 41.6 Å². The van der Waals surface area contributed by atoms with Gasteiger partial charge in [0.05, 0.1) is 29.3 Å². The van der Waals surface area contributed by atoms with Crippen LogP contribution < -0.4 is 10.6 Å². The number of hydrogen-bond donors (Lipinski definition) is 2. The van der Waals surface area contributed by atoms with Gasteiger partial charge in [0.25, 0.3) is 5.91 Å². The summed E-state index contributed by atoms with van der Waals surface area (Å²) in [4.78, 5) is 28.5. The number of nitrogens with zero attached hydrogens (tertiary/aromatic N) is 4. The molecule has 2 aromatic rings. The Kier molecular flexibility index (Phi) is 8.97. The van der Waals surface area contributed by atoms with Crippen LogP contribution in [0.5, 0.6) is 0 Å². The fraction of sp³-hybridized carbons (Fsp3) is 0.600. The Hall–Kier alpha value is -3.39. The van der Waals surface area contributed by atoms with Crippen LogP contribution in [-0.2, 0) is 11.0 Å². The molecule has 1 unspecified atom stereocenters. The fourth-order valence-corrected chi connectivity index (χ4v) is 6.11. The van der Waals surface area contributed by atoms with E-state index in [0.717, 1.165) is 64.0 Å². The number of nitrogens with one attached hydrogen (secondary N) is 2. The number of benzene rings is 1. The highest BCUT2D eigenvalue weighted by atomic mass is 19.4. The summed E-state index contributed by atoms with van der Waals surface area (Å²) >= 11 is 0. The van der Waals surface area contributed by atoms with Gasteiger partial charge >= 0.3 is 6.18 Å². The van der Waals surface area contributed by atoms with E-state index in [1.807, 2.05) is 0 Å². The van der Waals surface area contributed by atoms with E-state index in [4.69, 9.17) is 0 Å². The highest BCUT2D eigenvalue weighted by molar-refractivity contribution is 5.94. The van der Waals surface area contributed by atoms with Gasteiger partial charge < -0.3 is 15.5 Å². The van der Waals surface area contributed by atoms with Crippen molar-refractivity contribution in [3.8, 4) is 17.3 Å². The molecular weight excluding hydrogens is 533 g/mol. The van der Waals surface area contributed by atoms with Gasteiger partial charge in [0, 0.05) is 37.2 Å². The van der Waals surface area contributed by atoms with E-state index in [9.17, 15) is 28.0 Å². The first-order chi connectivity index (χ1) is 19.7. The van der Waals surface area contributed by atoms with Crippen LogP contribution in [0.15, 0.2) is 30.3 Å². The Bertz CT molecular complexity index is 1280. The van der Waals surface area contributed by atoms with Gasteiger partial charge in [-0.25, -0.2) is 0 Å². The topological polar surface area (TPSA) is 103 Å². The third kappa shape index (κ3) is 7.10. The fourth-order valence-electron chi connectivity index (χ4n) is 6.11. The predicted molar refractivity (Wildman–Crippen MR) is 147 cm³/mol. The van der Waals surface area contributed by atoms with Crippen molar-refractivity contribution in [2.75, 3.05) is 19.6 Å². The van der Waals surface area contributed by atoms with Crippen LogP contribution in [0.25, 0.3) is 11.3 Å². The zero-order valence-electron chi connectivity index (χ0n) is 23.1. The molecule has 2 saturated carbocycles. The van der Waals surface area contributed by atoms with Crippen molar-refractivity contribution >= 4 is 11.8 Å². The number of halogens is 3. The average Bonchev–Trinajstić information content (AvgIpc) is 3.69. The normalized spacial score (nSPS) is 20.9. The molecule has 1 aliphatic heterocycles. The van der Waals surface area contributed by atoms with Gasteiger partial charge in [0.15, 0.2) is 5.69 Å². The molecule has 2 atom stereocenters. The predicted octanol–water partition coefficient (Wildman–Crippen LogP) is 5.08. The lowest BCUT2D eigenvalue weighted by molar-refractivity contribution is -0.137. The molecule has 1 aromatic carbocycles. The molecule has 1 saturated heterocycles. The lowest BCUT2D eigenvalue weighted by Gasteiger charge is -2.28. The van der Waals surface area contributed by atoms with E-state index in [2.05, 4.69) is 26.7 Å². The second-order valence-corrected chi connectivity index (χ2v) is 11.6. The maximum atomic E-state index is 13.9. The SMILES string of the molecule is N#CC1CCN(CC[C@@H](CC(=O)NC2CCC2)NC(=O)c2cc(-c3ccccc3C(F)(F)F)n(C3CCCC3)n2)C1. The standard InChI is InChI=1S/C30H37F3N6O2/c31-30(32,33)25-11-4-3-10-24(25)27-17-26(37-39(27)23-8-1-2-9-23)29(41)36-22(16-28(40)35-21-6-5-7-21)13-15-38-14-12-20(18-34)19-38/h3-4,10-11,17,20-23H,1-2,5-9,12-16,19H2,(H,35,40)(H,36,41)/t20?,22-/m0/s1. The summed E-state index contributed by atoms with van der Waals surface area (Å²) in [5.74, 6) is -0.652. The minimum absolute atomic E-state index is 0.00374. The van der Waals surface area contributed by atoms with Crippen LogP contribution in [-0.4, -0.2) is 58.2 Å². The lowest BCUT2D eigenvalue weighted by atomic mass is 9.93. The summed E-state index contributed by atoms with van der Waals surface area (Å²) < 4.78 is 43.3.